The number of carbonyl (C=O) groups is 3. The fourth-order valence-electron chi connectivity index (χ4n) is 4.25. The molecule has 15 heteroatoms. The molecule has 1 aromatic rings. The third kappa shape index (κ3) is 6.52. The molecule has 1 N–H and O–H groups in total. The van der Waals surface area contributed by atoms with Crippen LogP contribution >= 0.6 is 0 Å². The number of fused-ring (bicyclic) bond motifs is 1. The number of alkyl halides is 6. The number of rotatable bonds is 5. The average molecular weight is 556 g/mol. The SMILES string of the molecule is CCC(C)(C)C(=O)N1CCn2cc(C(=O)NC3(C)CCN(C(=O)OC(C(F)(F)F)C(F)(F)F)CC3)nc2C1. The van der Waals surface area contributed by atoms with Gasteiger partial charge in [0.25, 0.3) is 12.0 Å². The summed E-state index contributed by atoms with van der Waals surface area (Å²) in [6.07, 6.45) is -15.2. The Hall–Kier alpha value is -3.00. The summed E-state index contributed by atoms with van der Waals surface area (Å²) in [4.78, 5) is 44.5. The minimum Gasteiger partial charge on any atom is -0.426 e. The molecule has 0 atom stereocenters. The Balaban J connectivity index is 1.59. The van der Waals surface area contributed by atoms with Gasteiger partial charge in [-0.15, -0.1) is 0 Å². The first-order valence-corrected chi connectivity index (χ1v) is 12.1. The molecular formula is C23H31F6N5O4. The second-order valence-electron chi connectivity index (χ2n) is 10.5. The molecule has 0 saturated carbocycles. The van der Waals surface area contributed by atoms with Gasteiger partial charge >= 0.3 is 18.4 Å². The van der Waals surface area contributed by atoms with Gasteiger partial charge in [0.05, 0.1) is 6.54 Å². The van der Waals surface area contributed by atoms with Gasteiger partial charge in [0, 0.05) is 43.3 Å². The van der Waals surface area contributed by atoms with Gasteiger partial charge in [-0.05, 0) is 26.2 Å². The fraction of sp³-hybridized carbons (Fsp3) is 0.739. The molecule has 9 nitrogen and oxygen atoms in total. The Labute approximate surface area is 215 Å². The van der Waals surface area contributed by atoms with Gasteiger partial charge in [-0.3, -0.25) is 9.59 Å². The maximum absolute atomic E-state index is 12.9. The average Bonchev–Trinajstić information content (AvgIpc) is 3.24. The molecule has 1 saturated heterocycles. The Bertz CT molecular complexity index is 1050. The molecule has 38 heavy (non-hydrogen) atoms. The molecule has 1 aromatic heterocycles. The highest BCUT2D eigenvalue weighted by molar-refractivity contribution is 5.92. The number of likely N-dealkylation sites (tertiary alicyclic amines) is 1. The number of amides is 3. The fourth-order valence-corrected chi connectivity index (χ4v) is 4.25. The molecule has 3 amide bonds. The van der Waals surface area contributed by atoms with Gasteiger partial charge in [-0.25, -0.2) is 9.78 Å². The highest BCUT2D eigenvalue weighted by Crippen LogP contribution is 2.36. The minimum absolute atomic E-state index is 0.00478. The van der Waals surface area contributed by atoms with E-state index >= 15 is 0 Å². The van der Waals surface area contributed by atoms with Crippen LogP contribution in [0.25, 0.3) is 0 Å². The second-order valence-corrected chi connectivity index (χ2v) is 10.5. The molecular weight excluding hydrogens is 524 g/mol. The first-order chi connectivity index (χ1) is 17.4. The van der Waals surface area contributed by atoms with Gasteiger partial charge in [0.2, 0.25) is 5.91 Å². The first-order valence-electron chi connectivity index (χ1n) is 12.1. The van der Waals surface area contributed by atoms with Crippen LogP contribution < -0.4 is 5.32 Å². The zero-order valence-electron chi connectivity index (χ0n) is 21.5. The number of hydrogen-bond acceptors (Lipinski definition) is 5. The van der Waals surface area contributed by atoms with E-state index < -0.39 is 41.4 Å². The lowest BCUT2D eigenvalue weighted by Crippen LogP contribution is -2.55. The van der Waals surface area contributed by atoms with E-state index in [1.165, 1.54) is 0 Å². The number of ether oxygens (including phenoxy) is 1. The summed E-state index contributed by atoms with van der Waals surface area (Å²) < 4.78 is 81.7. The minimum atomic E-state index is -5.80. The van der Waals surface area contributed by atoms with Gasteiger partial charge in [0.1, 0.15) is 11.5 Å². The third-order valence-corrected chi connectivity index (χ3v) is 7.14. The highest BCUT2D eigenvalue weighted by atomic mass is 19.4. The van der Waals surface area contributed by atoms with Crippen molar-refractivity contribution in [3.8, 4) is 0 Å². The predicted octanol–water partition coefficient (Wildman–Crippen LogP) is 3.88. The van der Waals surface area contributed by atoms with Crippen molar-refractivity contribution < 1.29 is 45.5 Å². The van der Waals surface area contributed by atoms with Crippen molar-refractivity contribution in [2.75, 3.05) is 19.6 Å². The molecule has 0 bridgehead atoms. The van der Waals surface area contributed by atoms with Crippen LogP contribution in [0.2, 0.25) is 0 Å². The van der Waals surface area contributed by atoms with Gasteiger partial charge in [0.15, 0.2) is 0 Å². The summed E-state index contributed by atoms with van der Waals surface area (Å²) in [5.41, 5.74) is -1.30. The van der Waals surface area contributed by atoms with Crippen LogP contribution in [0, 0.1) is 5.41 Å². The van der Waals surface area contributed by atoms with Crippen molar-refractivity contribution in [1.29, 1.82) is 0 Å². The second kappa shape index (κ2) is 10.3. The van der Waals surface area contributed by atoms with Crippen molar-refractivity contribution >= 4 is 17.9 Å². The molecule has 0 aromatic carbocycles. The van der Waals surface area contributed by atoms with Gasteiger partial charge in [-0.2, -0.15) is 26.3 Å². The zero-order chi connectivity index (χ0) is 28.7. The van der Waals surface area contributed by atoms with Crippen LogP contribution in [0.1, 0.15) is 63.3 Å². The van der Waals surface area contributed by atoms with E-state index in [0.29, 0.717) is 25.3 Å². The van der Waals surface area contributed by atoms with Crippen molar-refractivity contribution in [2.45, 2.75) is 84.0 Å². The Morgan fingerprint density at radius 3 is 2.13 bits per heavy atom. The lowest BCUT2D eigenvalue weighted by atomic mass is 9.88. The smallest absolute Gasteiger partial charge is 0.426 e. The van der Waals surface area contributed by atoms with E-state index in [-0.39, 0.29) is 44.1 Å². The van der Waals surface area contributed by atoms with Crippen LogP contribution in [0.5, 0.6) is 0 Å². The number of halogens is 6. The molecule has 3 heterocycles. The van der Waals surface area contributed by atoms with E-state index in [4.69, 9.17) is 0 Å². The number of nitrogens with zero attached hydrogens (tertiary/aromatic N) is 4. The summed E-state index contributed by atoms with van der Waals surface area (Å²) in [5.74, 6) is 0.0227. The number of nitrogens with one attached hydrogen (secondary N) is 1. The Kier molecular flexibility index (Phi) is 8.00. The van der Waals surface area contributed by atoms with Crippen LogP contribution in [-0.2, 0) is 22.6 Å². The molecule has 2 aliphatic rings. The summed E-state index contributed by atoms with van der Waals surface area (Å²) in [6, 6.07) is 0. The Morgan fingerprint density at radius 1 is 1.03 bits per heavy atom. The van der Waals surface area contributed by atoms with E-state index in [2.05, 4.69) is 15.0 Å². The van der Waals surface area contributed by atoms with Crippen LogP contribution in [0.4, 0.5) is 31.1 Å². The monoisotopic (exact) mass is 555 g/mol. The van der Waals surface area contributed by atoms with Crippen molar-refractivity contribution in [3.63, 3.8) is 0 Å². The largest absolute Gasteiger partial charge is 0.434 e. The summed E-state index contributed by atoms with van der Waals surface area (Å²) in [7, 11) is 0. The molecule has 3 rings (SSSR count). The maximum Gasteiger partial charge on any atom is 0.434 e. The highest BCUT2D eigenvalue weighted by Gasteiger charge is 2.60. The molecule has 0 unspecified atom stereocenters. The molecule has 0 radical (unpaired) electrons. The van der Waals surface area contributed by atoms with Crippen LogP contribution in [0.15, 0.2) is 6.20 Å². The Morgan fingerprint density at radius 2 is 1.61 bits per heavy atom. The molecule has 214 valence electrons. The zero-order valence-corrected chi connectivity index (χ0v) is 21.5. The van der Waals surface area contributed by atoms with Crippen molar-refractivity contribution in [1.82, 2.24) is 24.7 Å². The van der Waals surface area contributed by atoms with Crippen molar-refractivity contribution in [2.24, 2.45) is 5.41 Å². The van der Waals surface area contributed by atoms with E-state index in [9.17, 15) is 40.7 Å². The van der Waals surface area contributed by atoms with E-state index in [0.717, 1.165) is 4.90 Å². The summed E-state index contributed by atoms with van der Waals surface area (Å²) in [5, 5.41) is 2.80. The first kappa shape index (κ1) is 29.6. The topological polar surface area (TPSA) is 96.8 Å². The van der Waals surface area contributed by atoms with Crippen molar-refractivity contribution in [3.05, 3.63) is 17.7 Å². The lowest BCUT2D eigenvalue weighted by Gasteiger charge is -2.39. The lowest BCUT2D eigenvalue weighted by molar-refractivity contribution is -0.308. The number of carbonyl (C=O) groups excluding carboxylic acids is 3. The van der Waals surface area contributed by atoms with E-state index in [1.54, 1.807) is 22.6 Å². The number of hydrogen-bond donors (Lipinski definition) is 1. The molecule has 0 aliphatic carbocycles. The molecule has 1 fully saturated rings. The third-order valence-electron chi connectivity index (χ3n) is 7.14. The molecule has 2 aliphatic heterocycles. The standard InChI is InChI=1S/C23H31F6N5O4/c1-5-20(2,3)18(36)34-11-10-33-12-14(30-15(33)13-34)16(35)31-21(4)6-8-32(9-7-21)19(37)38-17(22(24,25)26)23(27,28)29/h12,17H,5-11,13H2,1-4H3,(H,31,35). The summed E-state index contributed by atoms with van der Waals surface area (Å²) in [6.45, 7) is 8.07. The normalized spacial score (nSPS) is 18.3. The van der Waals surface area contributed by atoms with Gasteiger partial charge in [-0.1, -0.05) is 20.8 Å². The number of piperidine rings is 1. The van der Waals surface area contributed by atoms with Crippen LogP contribution in [0.3, 0.4) is 0 Å². The number of aromatic nitrogens is 2. The van der Waals surface area contributed by atoms with E-state index in [1.807, 2.05) is 20.8 Å². The predicted molar refractivity (Wildman–Crippen MR) is 121 cm³/mol. The maximum atomic E-state index is 12.9. The quantitative estimate of drug-likeness (QED) is 0.557. The summed E-state index contributed by atoms with van der Waals surface area (Å²) >= 11 is 0. The molecule has 0 spiro atoms. The number of imidazole rings is 1. The van der Waals surface area contributed by atoms with Gasteiger partial charge < -0.3 is 24.4 Å². The van der Waals surface area contributed by atoms with Crippen LogP contribution in [-0.4, -0.2) is 80.9 Å².